The Morgan fingerprint density at radius 2 is 2.00 bits per heavy atom. The van der Waals surface area contributed by atoms with Crippen molar-refractivity contribution in [3.63, 3.8) is 0 Å². The Hall–Kier alpha value is -0.610. The van der Waals surface area contributed by atoms with Crippen LogP contribution in [0.3, 0.4) is 0 Å². The van der Waals surface area contributed by atoms with Gasteiger partial charge in [0.15, 0.2) is 0 Å². The van der Waals surface area contributed by atoms with Gasteiger partial charge in [-0.15, -0.1) is 0 Å². The van der Waals surface area contributed by atoms with Crippen LogP contribution in [0.25, 0.3) is 0 Å². The third kappa shape index (κ3) is 2.96. The molecule has 1 rings (SSSR count). The van der Waals surface area contributed by atoms with E-state index in [1.807, 2.05) is 20.8 Å². The van der Waals surface area contributed by atoms with E-state index in [2.05, 4.69) is 4.74 Å². The van der Waals surface area contributed by atoms with Crippen LogP contribution in [0.2, 0.25) is 0 Å². The molecule has 0 N–H and O–H groups in total. The fraction of sp³-hybridized carbons (Fsp3) is 0.900. The lowest BCUT2D eigenvalue weighted by Gasteiger charge is -2.19. The van der Waals surface area contributed by atoms with Crippen molar-refractivity contribution in [1.29, 1.82) is 0 Å². The largest absolute Gasteiger partial charge is 0.469 e. The fourth-order valence-corrected chi connectivity index (χ4v) is 1.77. The second kappa shape index (κ2) is 3.87. The summed E-state index contributed by atoms with van der Waals surface area (Å²) in [6.45, 7) is 5.89. The highest BCUT2D eigenvalue weighted by molar-refractivity contribution is 5.69. The first-order valence-electron chi connectivity index (χ1n) is 4.81. The Morgan fingerprint density at radius 3 is 2.43 bits per heavy atom. The van der Waals surface area contributed by atoms with Gasteiger partial charge in [0, 0.05) is 12.8 Å². The van der Waals surface area contributed by atoms with E-state index in [0.717, 1.165) is 6.42 Å². The smallest absolute Gasteiger partial charge is 0.305 e. The standard InChI is InChI=1S/C10H18O4/c1-9(2)7-10(3,14-13-9)6-5-8(11)12-4/h5-7H2,1-4H3. The summed E-state index contributed by atoms with van der Waals surface area (Å²) in [6.07, 6.45) is 1.78. The number of carbonyl (C=O) groups is 1. The molecule has 0 radical (unpaired) electrons. The molecule has 1 aliphatic rings. The van der Waals surface area contributed by atoms with Gasteiger partial charge in [-0.1, -0.05) is 0 Å². The van der Waals surface area contributed by atoms with E-state index in [1.54, 1.807) is 0 Å². The highest BCUT2D eigenvalue weighted by atomic mass is 17.2. The summed E-state index contributed by atoms with van der Waals surface area (Å²) in [6, 6.07) is 0. The number of rotatable bonds is 3. The summed E-state index contributed by atoms with van der Waals surface area (Å²) in [7, 11) is 1.39. The van der Waals surface area contributed by atoms with Crippen molar-refractivity contribution in [2.24, 2.45) is 0 Å². The van der Waals surface area contributed by atoms with Crippen LogP contribution >= 0.6 is 0 Å². The number of carbonyl (C=O) groups excluding carboxylic acids is 1. The Balaban J connectivity index is 2.41. The van der Waals surface area contributed by atoms with Crippen LogP contribution in [-0.2, 0) is 19.3 Å². The van der Waals surface area contributed by atoms with Crippen molar-refractivity contribution in [1.82, 2.24) is 0 Å². The molecule has 0 saturated carbocycles. The number of hydrogen-bond donors (Lipinski definition) is 0. The quantitative estimate of drug-likeness (QED) is 0.517. The minimum atomic E-state index is -0.363. The Kier molecular flexibility index (Phi) is 3.17. The minimum absolute atomic E-state index is 0.209. The Labute approximate surface area is 84.4 Å². The van der Waals surface area contributed by atoms with Gasteiger partial charge >= 0.3 is 5.97 Å². The summed E-state index contributed by atoms with van der Waals surface area (Å²) in [5.74, 6) is -0.209. The molecule has 0 amide bonds. The van der Waals surface area contributed by atoms with E-state index in [0.29, 0.717) is 12.8 Å². The van der Waals surface area contributed by atoms with Crippen LogP contribution < -0.4 is 0 Å². The average Bonchev–Trinajstić information content (AvgIpc) is 2.37. The van der Waals surface area contributed by atoms with Crippen LogP contribution in [-0.4, -0.2) is 24.3 Å². The molecule has 0 aromatic carbocycles. The van der Waals surface area contributed by atoms with Gasteiger partial charge in [0.05, 0.1) is 7.11 Å². The summed E-state index contributed by atoms with van der Waals surface area (Å²) in [4.78, 5) is 21.4. The molecular formula is C10H18O4. The molecule has 1 fully saturated rings. The number of ether oxygens (including phenoxy) is 1. The summed E-state index contributed by atoms with van der Waals surface area (Å²) in [5, 5.41) is 0. The molecule has 4 heteroatoms. The molecule has 1 heterocycles. The molecule has 1 atom stereocenters. The number of esters is 1. The lowest BCUT2D eigenvalue weighted by Crippen LogP contribution is -2.27. The number of hydrogen-bond acceptors (Lipinski definition) is 4. The molecule has 82 valence electrons. The van der Waals surface area contributed by atoms with Gasteiger partial charge in [-0.05, 0) is 27.2 Å². The zero-order valence-corrected chi connectivity index (χ0v) is 9.25. The lowest BCUT2D eigenvalue weighted by atomic mass is 9.88. The fourth-order valence-electron chi connectivity index (χ4n) is 1.77. The zero-order valence-electron chi connectivity index (χ0n) is 9.25. The maximum absolute atomic E-state index is 11.0. The summed E-state index contributed by atoms with van der Waals surface area (Å²) >= 11 is 0. The molecule has 0 aromatic heterocycles. The Morgan fingerprint density at radius 1 is 1.36 bits per heavy atom. The van der Waals surface area contributed by atoms with E-state index < -0.39 is 0 Å². The van der Waals surface area contributed by atoms with Crippen LogP contribution in [0.5, 0.6) is 0 Å². The molecule has 0 spiro atoms. The third-order valence-corrected chi connectivity index (χ3v) is 2.35. The van der Waals surface area contributed by atoms with Crippen LogP contribution in [0.1, 0.15) is 40.0 Å². The van der Waals surface area contributed by atoms with Gasteiger partial charge < -0.3 is 4.74 Å². The van der Waals surface area contributed by atoms with Gasteiger partial charge in [-0.25, -0.2) is 9.78 Å². The van der Waals surface area contributed by atoms with Crippen molar-refractivity contribution in [2.45, 2.75) is 51.2 Å². The van der Waals surface area contributed by atoms with E-state index in [9.17, 15) is 4.79 Å². The van der Waals surface area contributed by atoms with Gasteiger partial charge in [-0.2, -0.15) is 0 Å². The number of methoxy groups -OCH3 is 1. The van der Waals surface area contributed by atoms with Gasteiger partial charge in [0.25, 0.3) is 0 Å². The van der Waals surface area contributed by atoms with Crippen molar-refractivity contribution in [3.05, 3.63) is 0 Å². The van der Waals surface area contributed by atoms with Crippen LogP contribution in [0.4, 0.5) is 0 Å². The normalized spacial score (nSPS) is 30.3. The predicted octanol–water partition coefficient (Wildman–Crippen LogP) is 1.83. The molecule has 0 bridgehead atoms. The molecular weight excluding hydrogens is 184 g/mol. The first-order chi connectivity index (χ1) is 6.37. The summed E-state index contributed by atoms with van der Waals surface area (Å²) in [5.41, 5.74) is -0.622. The monoisotopic (exact) mass is 202 g/mol. The third-order valence-electron chi connectivity index (χ3n) is 2.35. The van der Waals surface area contributed by atoms with Crippen molar-refractivity contribution in [3.8, 4) is 0 Å². The first-order valence-corrected chi connectivity index (χ1v) is 4.81. The topological polar surface area (TPSA) is 44.8 Å². The maximum atomic E-state index is 11.0. The van der Waals surface area contributed by atoms with Gasteiger partial charge in [0.1, 0.15) is 11.2 Å². The van der Waals surface area contributed by atoms with Crippen LogP contribution in [0.15, 0.2) is 0 Å². The van der Waals surface area contributed by atoms with Crippen LogP contribution in [0, 0.1) is 0 Å². The Bertz CT molecular complexity index is 224. The second-order valence-corrected chi connectivity index (χ2v) is 4.63. The molecule has 1 unspecified atom stereocenters. The average molecular weight is 202 g/mol. The molecule has 14 heavy (non-hydrogen) atoms. The van der Waals surface area contributed by atoms with E-state index in [4.69, 9.17) is 9.78 Å². The summed E-state index contributed by atoms with van der Waals surface area (Å²) < 4.78 is 4.57. The lowest BCUT2D eigenvalue weighted by molar-refractivity contribution is -0.341. The van der Waals surface area contributed by atoms with Gasteiger partial charge in [-0.3, -0.25) is 4.79 Å². The molecule has 1 aliphatic heterocycles. The molecule has 0 aliphatic carbocycles. The second-order valence-electron chi connectivity index (χ2n) is 4.63. The van der Waals surface area contributed by atoms with Crippen molar-refractivity contribution < 1.29 is 19.3 Å². The van der Waals surface area contributed by atoms with E-state index >= 15 is 0 Å². The highest BCUT2D eigenvalue weighted by Crippen LogP contribution is 2.38. The first kappa shape index (κ1) is 11.5. The molecule has 4 nitrogen and oxygen atoms in total. The zero-order chi connectivity index (χ0) is 10.8. The molecule has 0 aromatic rings. The molecule has 1 saturated heterocycles. The van der Waals surface area contributed by atoms with Crippen molar-refractivity contribution in [2.75, 3.05) is 7.11 Å². The maximum Gasteiger partial charge on any atom is 0.305 e. The SMILES string of the molecule is COC(=O)CCC1(C)CC(C)(C)OO1. The van der Waals surface area contributed by atoms with Gasteiger partial charge in [0.2, 0.25) is 0 Å². The van der Waals surface area contributed by atoms with E-state index in [1.165, 1.54) is 7.11 Å². The predicted molar refractivity (Wildman–Crippen MR) is 50.5 cm³/mol. The minimum Gasteiger partial charge on any atom is -0.469 e. The van der Waals surface area contributed by atoms with E-state index in [-0.39, 0.29) is 17.2 Å². The highest BCUT2D eigenvalue weighted by Gasteiger charge is 2.43. The van der Waals surface area contributed by atoms with Crippen molar-refractivity contribution >= 4 is 5.97 Å².